The molecule has 11 heteroatoms. The summed E-state index contributed by atoms with van der Waals surface area (Å²) in [5.41, 5.74) is 0. The Morgan fingerprint density at radius 2 is 1.00 bits per heavy atom. The summed E-state index contributed by atoms with van der Waals surface area (Å²) in [5.74, 6) is 0. The van der Waals surface area contributed by atoms with Crippen LogP contribution in [0.4, 0.5) is 34.0 Å². The molecule has 0 saturated carbocycles. The molecule has 0 unspecified atom stereocenters. The van der Waals surface area contributed by atoms with E-state index in [1.165, 1.54) is 0 Å². The van der Waals surface area contributed by atoms with E-state index in [1.807, 2.05) is 0 Å². The highest BCUT2D eigenvalue weighted by atomic mass is 32.3. The van der Waals surface area contributed by atoms with Crippen LogP contribution in [0.1, 0.15) is 0 Å². The van der Waals surface area contributed by atoms with Crippen molar-refractivity contribution in [1.29, 1.82) is 0 Å². The number of halogens is 8. The molecule has 0 radical (unpaired) electrons. The monoisotopic (exact) mass is 209 g/mol. The van der Waals surface area contributed by atoms with Crippen LogP contribution in [-0.2, 0) is 11.9 Å². The molecule has 0 amide bonds. The zero-order valence-corrected chi connectivity index (χ0v) is 5.27. The molecule has 0 aliphatic rings. The fourth-order valence-corrected chi connectivity index (χ4v) is 0. The number of hydrogen-bond donors (Lipinski definition) is 0. The SMILES string of the molecule is FN(F)[S+](F)F.F[B-](F)(F)F. The van der Waals surface area contributed by atoms with Crippen LogP contribution in [0, 0.1) is 0 Å². The highest BCUT2D eigenvalue weighted by Crippen LogP contribution is 2.07. The van der Waals surface area contributed by atoms with Crippen molar-refractivity contribution in [3.63, 3.8) is 0 Å². The lowest BCUT2D eigenvalue weighted by Crippen LogP contribution is -2.02. The Balaban J connectivity index is 0. The molecular formula is BF8NS. The minimum atomic E-state index is -6.00. The number of hydrogen-bond acceptors (Lipinski definition) is 1. The molecule has 0 aromatic rings. The molecule has 70 valence electrons. The molecular weight excluding hydrogens is 209 g/mol. The van der Waals surface area contributed by atoms with Gasteiger partial charge in [0.1, 0.15) is 0 Å². The van der Waals surface area contributed by atoms with Gasteiger partial charge in [0, 0.05) is 0 Å². The summed E-state index contributed by atoms with van der Waals surface area (Å²) >= 11 is -3.87. The Labute approximate surface area is 59.0 Å². The summed E-state index contributed by atoms with van der Waals surface area (Å²) in [7, 11) is -6.00. The predicted octanol–water partition coefficient (Wildman–Crippen LogP) is 2.66. The largest absolute Gasteiger partial charge is 0.673 e. The third-order valence-corrected chi connectivity index (χ3v) is 0.313. The Bertz CT molecular complexity index is 74.6. The molecule has 0 aliphatic carbocycles. The van der Waals surface area contributed by atoms with Crippen LogP contribution in [0.5, 0.6) is 0 Å². The van der Waals surface area contributed by atoms with Gasteiger partial charge in [-0.05, 0) is 8.96 Å². The maximum absolute atomic E-state index is 10.4. The third kappa shape index (κ3) is 41.2. The third-order valence-electron chi connectivity index (χ3n) is 0.104. The standard InChI is InChI=1S/BF4.F4NS/c2-1(3,4)5;1-5(2)6(3)4/q-1;+1. The van der Waals surface area contributed by atoms with E-state index in [4.69, 9.17) is 0 Å². The first-order chi connectivity index (χ1) is 4.64. The molecule has 0 fully saturated rings. The summed E-state index contributed by atoms with van der Waals surface area (Å²) in [6.45, 7) is 0. The van der Waals surface area contributed by atoms with Gasteiger partial charge in [0.2, 0.25) is 0 Å². The van der Waals surface area contributed by atoms with Gasteiger partial charge in [-0.1, -0.05) is 0 Å². The number of nitrogens with zero attached hydrogens (tertiary/aromatic N) is 1. The predicted molar refractivity (Wildman–Crippen MR) is 23.8 cm³/mol. The van der Waals surface area contributed by atoms with Gasteiger partial charge in [-0.2, -0.15) is 0 Å². The fraction of sp³-hybridized carbons (Fsp3) is 0. The van der Waals surface area contributed by atoms with Gasteiger partial charge in [-0.15, -0.1) is 0 Å². The van der Waals surface area contributed by atoms with Crippen LogP contribution < -0.4 is 0 Å². The van der Waals surface area contributed by atoms with Crippen LogP contribution in [0.2, 0.25) is 0 Å². The minimum absolute atomic E-state index is 2.14. The van der Waals surface area contributed by atoms with E-state index in [9.17, 15) is 34.0 Å². The van der Waals surface area contributed by atoms with Crippen molar-refractivity contribution >= 4 is 19.1 Å². The maximum Gasteiger partial charge on any atom is 0.673 e. The molecule has 0 aromatic carbocycles. The van der Waals surface area contributed by atoms with E-state index in [0.29, 0.717) is 0 Å². The second-order valence-corrected chi connectivity index (χ2v) is 1.56. The Morgan fingerprint density at radius 3 is 1.00 bits per heavy atom. The maximum atomic E-state index is 10.4. The summed E-state index contributed by atoms with van der Waals surface area (Å²) in [4.78, 5) is 0. The summed E-state index contributed by atoms with van der Waals surface area (Å²) in [5, 5.41) is 0. The van der Waals surface area contributed by atoms with Crippen molar-refractivity contribution in [3.05, 3.63) is 0 Å². The molecule has 0 saturated heterocycles. The van der Waals surface area contributed by atoms with Crippen LogP contribution in [0.3, 0.4) is 0 Å². The second kappa shape index (κ2) is 5.46. The van der Waals surface area contributed by atoms with Crippen molar-refractivity contribution in [2.45, 2.75) is 0 Å². The van der Waals surface area contributed by atoms with E-state index >= 15 is 0 Å². The minimum Gasteiger partial charge on any atom is -0.418 e. The number of rotatable bonds is 1. The van der Waals surface area contributed by atoms with E-state index in [2.05, 4.69) is 0 Å². The lowest BCUT2D eigenvalue weighted by Gasteiger charge is -1.94. The van der Waals surface area contributed by atoms with Crippen LogP contribution in [-0.4, -0.2) is 12.0 Å². The Hall–Kier alpha value is -0.185. The summed E-state index contributed by atoms with van der Waals surface area (Å²) in [6.07, 6.45) is 0. The van der Waals surface area contributed by atoms with Gasteiger partial charge in [0.15, 0.2) is 0 Å². The van der Waals surface area contributed by atoms with Crippen molar-refractivity contribution in [1.82, 2.24) is 4.75 Å². The van der Waals surface area contributed by atoms with Gasteiger partial charge in [-0.3, -0.25) is 0 Å². The zero-order valence-electron chi connectivity index (χ0n) is 4.46. The average molecular weight is 209 g/mol. The lowest BCUT2D eigenvalue weighted by molar-refractivity contribution is -0.0548. The molecule has 0 aliphatic heterocycles. The van der Waals surface area contributed by atoms with E-state index < -0.39 is 23.9 Å². The van der Waals surface area contributed by atoms with Gasteiger partial charge in [-0.25, -0.2) is 0 Å². The second-order valence-electron chi connectivity index (χ2n) is 0.893. The van der Waals surface area contributed by atoms with Crippen LogP contribution in [0.25, 0.3) is 0 Å². The van der Waals surface area contributed by atoms with E-state index in [-0.39, 0.29) is 0 Å². The quantitative estimate of drug-likeness (QED) is 0.277. The summed E-state index contributed by atoms with van der Waals surface area (Å²) in [6, 6.07) is 0. The average Bonchev–Trinajstić information content (AvgIpc) is 1.59. The first-order valence-corrected chi connectivity index (χ1v) is 2.68. The van der Waals surface area contributed by atoms with Gasteiger partial charge in [0.25, 0.3) is 0 Å². The summed E-state index contributed by atoms with van der Waals surface area (Å²) < 4.78 is 78.1. The van der Waals surface area contributed by atoms with Crippen molar-refractivity contribution in [3.8, 4) is 0 Å². The molecule has 11 heavy (non-hydrogen) atoms. The molecule has 0 rings (SSSR count). The first kappa shape index (κ1) is 13.4. The van der Waals surface area contributed by atoms with E-state index in [0.717, 1.165) is 0 Å². The Kier molecular flexibility index (Phi) is 6.66. The van der Waals surface area contributed by atoms with Crippen molar-refractivity contribution in [2.24, 2.45) is 0 Å². The first-order valence-electron chi connectivity index (χ1n) is 1.70. The topological polar surface area (TPSA) is 3.24 Å². The molecule has 0 atom stereocenters. The van der Waals surface area contributed by atoms with Crippen molar-refractivity contribution < 1.29 is 34.0 Å². The molecule has 0 aromatic heterocycles. The lowest BCUT2D eigenvalue weighted by atomic mass is 10.3. The van der Waals surface area contributed by atoms with Crippen LogP contribution in [0.15, 0.2) is 0 Å². The fourth-order valence-electron chi connectivity index (χ4n) is 0. The zero-order chi connectivity index (χ0) is 9.65. The highest BCUT2D eigenvalue weighted by Gasteiger charge is 2.33. The molecule has 0 spiro atoms. The van der Waals surface area contributed by atoms with Gasteiger partial charge in [0.05, 0.1) is 7.77 Å². The van der Waals surface area contributed by atoms with Gasteiger partial charge >= 0.3 is 23.9 Å². The Morgan fingerprint density at radius 1 is 0.909 bits per heavy atom. The molecule has 0 heterocycles. The van der Waals surface area contributed by atoms with Crippen LogP contribution >= 0.6 is 0 Å². The van der Waals surface area contributed by atoms with Gasteiger partial charge < -0.3 is 17.3 Å². The van der Waals surface area contributed by atoms with Crippen molar-refractivity contribution in [2.75, 3.05) is 0 Å². The molecule has 1 nitrogen and oxygen atoms in total. The highest BCUT2D eigenvalue weighted by molar-refractivity contribution is 7.84. The van der Waals surface area contributed by atoms with E-state index in [1.54, 1.807) is 0 Å². The molecule has 0 bridgehead atoms. The normalized spacial score (nSPS) is 11.5. The smallest absolute Gasteiger partial charge is 0.418 e. The molecule has 0 N–H and O–H groups in total.